The number of carbonyl (C=O) groups is 2. The van der Waals surface area contributed by atoms with Gasteiger partial charge in [0, 0.05) is 0 Å². The Kier molecular flexibility index (Phi) is 6.12. The van der Waals surface area contributed by atoms with E-state index >= 15 is 0 Å². The first-order valence-electron chi connectivity index (χ1n) is 9.36. The number of carbonyl (C=O) groups excluding carboxylic acids is 1. The topological polar surface area (TPSA) is 75.6 Å². The van der Waals surface area contributed by atoms with Crippen molar-refractivity contribution in [3.63, 3.8) is 0 Å². The third-order valence-corrected chi connectivity index (χ3v) is 4.90. The van der Waals surface area contributed by atoms with Gasteiger partial charge in [0.2, 0.25) is 5.91 Å². The second-order valence-corrected chi connectivity index (χ2v) is 7.03. The maximum Gasteiger partial charge on any atom is 0.341 e. The van der Waals surface area contributed by atoms with E-state index in [9.17, 15) is 9.59 Å². The minimum atomic E-state index is -1.01. The lowest BCUT2D eigenvalue weighted by molar-refractivity contribution is -0.139. The molecule has 1 aliphatic carbocycles. The molecule has 142 valence electrons. The summed E-state index contributed by atoms with van der Waals surface area (Å²) < 4.78 is 5.12. The smallest absolute Gasteiger partial charge is 0.341 e. The van der Waals surface area contributed by atoms with E-state index in [1.807, 2.05) is 19.1 Å². The molecule has 2 N–H and O–H groups in total. The van der Waals surface area contributed by atoms with E-state index in [2.05, 4.69) is 23.5 Å². The van der Waals surface area contributed by atoms with Gasteiger partial charge in [-0.2, -0.15) is 0 Å². The molecule has 0 aromatic heterocycles. The number of hydrogen-bond donors (Lipinski definition) is 2. The third-order valence-electron chi connectivity index (χ3n) is 4.90. The number of aryl methyl sites for hydroxylation is 2. The molecule has 0 aliphatic heterocycles. The summed E-state index contributed by atoms with van der Waals surface area (Å²) in [7, 11) is 0. The van der Waals surface area contributed by atoms with Gasteiger partial charge >= 0.3 is 5.97 Å². The Morgan fingerprint density at radius 2 is 1.78 bits per heavy atom. The Labute approximate surface area is 159 Å². The van der Waals surface area contributed by atoms with Gasteiger partial charge in [0.25, 0.3) is 0 Å². The zero-order chi connectivity index (χ0) is 19.2. The number of amides is 1. The molecule has 0 saturated carbocycles. The first-order valence-corrected chi connectivity index (χ1v) is 9.36. The number of fused-ring (bicyclic) bond motifs is 1. The fraction of sp³-hybridized carbons (Fsp3) is 0.364. The van der Waals surface area contributed by atoms with Crippen LogP contribution in [-0.2, 0) is 28.9 Å². The highest BCUT2D eigenvalue weighted by molar-refractivity contribution is 5.79. The molecule has 0 heterocycles. The molecule has 27 heavy (non-hydrogen) atoms. The van der Waals surface area contributed by atoms with Crippen LogP contribution in [0.25, 0.3) is 0 Å². The second kappa shape index (κ2) is 8.71. The van der Waals surface area contributed by atoms with E-state index in [1.54, 1.807) is 12.1 Å². The number of nitrogens with one attached hydrogen (secondary N) is 1. The summed E-state index contributed by atoms with van der Waals surface area (Å²) >= 11 is 0. The quantitative estimate of drug-likeness (QED) is 0.786. The molecule has 0 spiro atoms. The Bertz CT molecular complexity index is 814. The van der Waals surface area contributed by atoms with Gasteiger partial charge in [0.05, 0.1) is 12.5 Å². The van der Waals surface area contributed by atoms with E-state index in [0.29, 0.717) is 12.2 Å². The number of carboxylic acids is 1. The number of ether oxygens (including phenoxy) is 1. The summed E-state index contributed by atoms with van der Waals surface area (Å²) in [6.45, 7) is 1.56. The van der Waals surface area contributed by atoms with Gasteiger partial charge in [-0.1, -0.05) is 30.3 Å². The van der Waals surface area contributed by atoms with Gasteiger partial charge in [-0.15, -0.1) is 0 Å². The molecule has 2 aromatic carbocycles. The average Bonchev–Trinajstić information content (AvgIpc) is 2.66. The minimum absolute atomic E-state index is 0.00976. The highest BCUT2D eigenvalue weighted by Crippen LogP contribution is 2.23. The molecule has 0 radical (unpaired) electrons. The molecule has 2 aromatic rings. The van der Waals surface area contributed by atoms with Crippen molar-refractivity contribution in [3.8, 4) is 5.75 Å². The van der Waals surface area contributed by atoms with E-state index in [0.717, 1.165) is 24.0 Å². The lowest BCUT2D eigenvalue weighted by atomic mass is 9.90. The van der Waals surface area contributed by atoms with Crippen molar-refractivity contribution in [3.05, 3.63) is 64.7 Å². The number of hydrogen-bond acceptors (Lipinski definition) is 3. The van der Waals surface area contributed by atoms with E-state index in [1.165, 1.54) is 24.0 Å². The van der Waals surface area contributed by atoms with Crippen LogP contribution < -0.4 is 10.1 Å². The molecule has 1 unspecified atom stereocenters. The highest BCUT2D eigenvalue weighted by atomic mass is 16.5. The molecule has 1 amide bonds. The van der Waals surface area contributed by atoms with Gasteiger partial charge in [0.15, 0.2) is 6.61 Å². The van der Waals surface area contributed by atoms with Crippen LogP contribution in [0.1, 0.15) is 48.1 Å². The molecule has 5 heteroatoms. The van der Waals surface area contributed by atoms with Crippen LogP contribution in [0.5, 0.6) is 5.75 Å². The van der Waals surface area contributed by atoms with Crippen LogP contribution in [0, 0.1) is 0 Å². The predicted octanol–water partition coefficient (Wildman–Crippen LogP) is 3.45. The molecule has 1 atom stereocenters. The first-order chi connectivity index (χ1) is 13.0. The third kappa shape index (κ3) is 5.33. The summed E-state index contributed by atoms with van der Waals surface area (Å²) in [4.78, 5) is 22.9. The van der Waals surface area contributed by atoms with Crippen molar-refractivity contribution >= 4 is 11.9 Å². The number of rotatable bonds is 7. The van der Waals surface area contributed by atoms with Gasteiger partial charge in [0.1, 0.15) is 5.75 Å². The summed E-state index contributed by atoms with van der Waals surface area (Å²) in [5.41, 5.74) is 4.80. The normalized spacial score (nSPS) is 14.1. The van der Waals surface area contributed by atoms with Crippen molar-refractivity contribution < 1.29 is 19.4 Å². The monoisotopic (exact) mass is 367 g/mol. The fourth-order valence-corrected chi connectivity index (χ4v) is 3.46. The van der Waals surface area contributed by atoms with Gasteiger partial charge < -0.3 is 15.2 Å². The van der Waals surface area contributed by atoms with Crippen LogP contribution in [0.2, 0.25) is 0 Å². The van der Waals surface area contributed by atoms with E-state index in [-0.39, 0.29) is 18.6 Å². The maximum absolute atomic E-state index is 12.4. The number of benzene rings is 2. The van der Waals surface area contributed by atoms with Gasteiger partial charge in [-0.3, -0.25) is 4.79 Å². The molecular weight excluding hydrogens is 342 g/mol. The summed E-state index contributed by atoms with van der Waals surface area (Å²) in [6.07, 6.45) is 5.11. The number of aliphatic carboxylic acids is 1. The first kappa shape index (κ1) is 19.0. The molecule has 0 saturated heterocycles. The molecule has 0 fully saturated rings. The molecular formula is C22H25NO4. The van der Waals surface area contributed by atoms with E-state index in [4.69, 9.17) is 9.84 Å². The lowest BCUT2D eigenvalue weighted by Crippen LogP contribution is -2.28. The molecule has 5 nitrogen and oxygen atoms in total. The van der Waals surface area contributed by atoms with Crippen LogP contribution in [0.3, 0.4) is 0 Å². The summed E-state index contributed by atoms with van der Waals surface area (Å²) in [6, 6.07) is 13.4. The van der Waals surface area contributed by atoms with Crippen LogP contribution in [0.15, 0.2) is 42.5 Å². The summed E-state index contributed by atoms with van der Waals surface area (Å²) in [5, 5.41) is 11.7. The van der Waals surface area contributed by atoms with Crippen molar-refractivity contribution in [1.82, 2.24) is 5.32 Å². The Balaban J connectivity index is 1.55. The second-order valence-electron chi connectivity index (χ2n) is 7.03. The largest absolute Gasteiger partial charge is 0.482 e. The van der Waals surface area contributed by atoms with Crippen molar-refractivity contribution in [2.45, 2.75) is 45.1 Å². The Morgan fingerprint density at radius 3 is 2.48 bits per heavy atom. The SMILES string of the molecule is CC(NC(=O)Cc1ccc2c(c1)CCCC2)c1ccc(OCC(=O)O)cc1. The molecule has 1 aliphatic rings. The standard InChI is InChI=1S/C22H25NO4/c1-15(17-8-10-20(11-9-17)27-14-22(25)26)23-21(24)13-16-6-7-18-4-2-3-5-19(18)12-16/h6-12,15H,2-5,13-14H2,1H3,(H,23,24)(H,25,26). The highest BCUT2D eigenvalue weighted by Gasteiger charge is 2.13. The van der Waals surface area contributed by atoms with Gasteiger partial charge in [-0.25, -0.2) is 4.79 Å². The van der Waals surface area contributed by atoms with Crippen LogP contribution in [-0.4, -0.2) is 23.6 Å². The van der Waals surface area contributed by atoms with Crippen molar-refractivity contribution in [2.75, 3.05) is 6.61 Å². The Hall–Kier alpha value is -2.82. The van der Waals surface area contributed by atoms with Gasteiger partial charge in [-0.05, 0) is 67.0 Å². The minimum Gasteiger partial charge on any atom is -0.482 e. The van der Waals surface area contributed by atoms with Crippen molar-refractivity contribution in [2.24, 2.45) is 0 Å². The lowest BCUT2D eigenvalue weighted by Gasteiger charge is -2.18. The van der Waals surface area contributed by atoms with Crippen LogP contribution in [0.4, 0.5) is 0 Å². The molecule has 0 bridgehead atoms. The fourth-order valence-electron chi connectivity index (χ4n) is 3.46. The zero-order valence-corrected chi connectivity index (χ0v) is 15.5. The van der Waals surface area contributed by atoms with E-state index < -0.39 is 5.97 Å². The van der Waals surface area contributed by atoms with Crippen molar-refractivity contribution in [1.29, 1.82) is 0 Å². The Morgan fingerprint density at radius 1 is 1.07 bits per heavy atom. The van der Waals surface area contributed by atoms with Crippen LogP contribution >= 0.6 is 0 Å². The summed E-state index contributed by atoms with van der Waals surface area (Å²) in [5.74, 6) is -0.528. The average molecular weight is 367 g/mol. The predicted molar refractivity (Wildman–Crippen MR) is 103 cm³/mol. The molecule has 3 rings (SSSR count). The number of carboxylic acid groups (broad SMARTS) is 1. The zero-order valence-electron chi connectivity index (χ0n) is 15.5. The maximum atomic E-state index is 12.4.